The quantitative estimate of drug-likeness (QED) is 0.285. The van der Waals surface area contributed by atoms with Crippen LogP contribution in [0, 0.1) is 0 Å². The van der Waals surface area contributed by atoms with E-state index in [1.165, 1.54) is 6.92 Å². The Hall–Kier alpha value is -0.500. The Bertz CT molecular complexity index is 190. The van der Waals surface area contributed by atoms with Crippen LogP contribution in [0.2, 0.25) is 0 Å². The van der Waals surface area contributed by atoms with Gasteiger partial charge in [0, 0.05) is 0 Å². The lowest BCUT2D eigenvalue weighted by Gasteiger charge is -2.06. The maximum Gasteiger partial charge on any atom is 0.466 e. The molecule has 0 bridgehead atoms. The van der Waals surface area contributed by atoms with Gasteiger partial charge >= 0.3 is 13.8 Å². The van der Waals surface area contributed by atoms with Crippen LogP contribution in [0.3, 0.4) is 0 Å². The first-order valence-electron chi connectivity index (χ1n) is 3.00. The zero-order chi connectivity index (χ0) is 11.2. The number of aliphatic hydroxyl groups is 1. The number of hydrogen-bond donors (Lipinski definition) is 6. The van der Waals surface area contributed by atoms with E-state index in [0.717, 1.165) is 0 Å². The van der Waals surface area contributed by atoms with Gasteiger partial charge in [-0.05, 0) is 6.92 Å². The van der Waals surface area contributed by atoms with Crippen molar-refractivity contribution in [2.75, 3.05) is 0 Å². The molecule has 0 saturated carbocycles. The minimum Gasteiger partial charge on any atom is -0.480 e. The average Bonchev–Trinajstić information content (AvgIpc) is 1.81. The van der Waals surface area contributed by atoms with Crippen LogP contribution in [-0.2, 0) is 9.36 Å². The SMILES string of the molecule is CC(O)[C@H](N)C(=O)O.O=P(O)(O)O. The summed E-state index contributed by atoms with van der Waals surface area (Å²) in [4.78, 5) is 31.4. The third-order valence-electron chi connectivity index (χ3n) is 0.805. The Balaban J connectivity index is 0. The van der Waals surface area contributed by atoms with Gasteiger partial charge < -0.3 is 30.6 Å². The zero-order valence-electron chi connectivity index (χ0n) is 6.73. The summed E-state index contributed by atoms with van der Waals surface area (Å²) in [5.41, 5.74) is 4.91. The predicted molar refractivity (Wildman–Crippen MR) is 41.6 cm³/mol. The molecule has 0 spiro atoms. The molecule has 0 fully saturated rings. The summed E-state index contributed by atoms with van der Waals surface area (Å²) >= 11 is 0. The van der Waals surface area contributed by atoms with Crippen molar-refractivity contribution in [1.29, 1.82) is 0 Å². The van der Waals surface area contributed by atoms with E-state index in [4.69, 9.17) is 35.2 Å². The number of nitrogens with two attached hydrogens (primary N) is 1. The molecule has 1 unspecified atom stereocenters. The molecule has 80 valence electrons. The van der Waals surface area contributed by atoms with Crippen molar-refractivity contribution in [3.8, 4) is 0 Å². The fourth-order valence-electron chi connectivity index (χ4n) is 0.206. The number of carboxylic acid groups (broad SMARTS) is 1. The monoisotopic (exact) mass is 217 g/mol. The summed E-state index contributed by atoms with van der Waals surface area (Å²) < 4.78 is 8.88. The molecule has 13 heavy (non-hydrogen) atoms. The molecule has 0 rings (SSSR count). The molecule has 0 saturated heterocycles. The van der Waals surface area contributed by atoms with E-state index < -0.39 is 25.9 Å². The van der Waals surface area contributed by atoms with E-state index in [-0.39, 0.29) is 0 Å². The van der Waals surface area contributed by atoms with Crippen molar-refractivity contribution in [2.45, 2.75) is 19.1 Å². The summed E-state index contributed by atoms with van der Waals surface area (Å²) in [7, 11) is -4.64. The van der Waals surface area contributed by atoms with E-state index >= 15 is 0 Å². The summed E-state index contributed by atoms with van der Waals surface area (Å²) in [5.74, 6) is -1.18. The molecule has 0 amide bonds. The zero-order valence-corrected chi connectivity index (χ0v) is 7.63. The number of phosphoric acid groups is 1. The lowest BCUT2D eigenvalue weighted by molar-refractivity contribution is -0.140. The number of aliphatic hydroxyl groups excluding tert-OH is 1. The second-order valence-electron chi connectivity index (χ2n) is 2.12. The summed E-state index contributed by atoms with van der Waals surface area (Å²) in [6.45, 7) is 1.33. The van der Waals surface area contributed by atoms with Gasteiger partial charge in [0.15, 0.2) is 0 Å². The fourth-order valence-corrected chi connectivity index (χ4v) is 0.206. The molecule has 0 aromatic rings. The Kier molecular flexibility index (Phi) is 6.96. The molecule has 2 atom stereocenters. The highest BCUT2D eigenvalue weighted by Crippen LogP contribution is 2.25. The summed E-state index contributed by atoms with van der Waals surface area (Å²) in [5, 5.41) is 16.6. The van der Waals surface area contributed by atoms with E-state index in [1.807, 2.05) is 0 Å². The van der Waals surface area contributed by atoms with Crippen molar-refractivity contribution in [3.63, 3.8) is 0 Å². The third kappa shape index (κ3) is 18.5. The van der Waals surface area contributed by atoms with Gasteiger partial charge in [0.1, 0.15) is 6.04 Å². The minimum atomic E-state index is -4.64. The summed E-state index contributed by atoms with van der Waals surface area (Å²) in [6, 6.07) is -1.16. The first-order chi connectivity index (χ1) is 5.55. The van der Waals surface area contributed by atoms with Crippen LogP contribution in [0.15, 0.2) is 0 Å². The molecule has 8 nitrogen and oxygen atoms in total. The number of hydrogen-bond acceptors (Lipinski definition) is 4. The number of carbonyl (C=O) groups is 1. The van der Waals surface area contributed by atoms with Gasteiger partial charge in [-0.2, -0.15) is 0 Å². The highest BCUT2D eigenvalue weighted by molar-refractivity contribution is 7.45. The van der Waals surface area contributed by atoms with Crippen molar-refractivity contribution < 1.29 is 34.3 Å². The van der Waals surface area contributed by atoms with Gasteiger partial charge in [0.2, 0.25) is 0 Å². The molecule has 0 heterocycles. The van der Waals surface area contributed by atoms with E-state index in [0.29, 0.717) is 0 Å². The van der Waals surface area contributed by atoms with Gasteiger partial charge in [-0.1, -0.05) is 0 Å². The number of aliphatic carboxylic acids is 1. The van der Waals surface area contributed by atoms with Crippen LogP contribution >= 0.6 is 7.82 Å². The van der Waals surface area contributed by atoms with E-state index in [9.17, 15) is 4.79 Å². The molecular formula is C4H12NO7P. The maximum atomic E-state index is 9.86. The Morgan fingerprint density at radius 3 is 1.62 bits per heavy atom. The molecule has 0 aliphatic heterocycles. The molecule has 0 radical (unpaired) electrons. The standard InChI is InChI=1S/C4H9NO3.H3O4P/c1-2(6)3(5)4(7)8;1-5(2,3)4/h2-3,6H,5H2,1H3,(H,7,8);(H3,1,2,3,4)/t2?,3-;/m0./s1. The molecule has 0 aliphatic carbocycles. The van der Waals surface area contributed by atoms with Crippen LogP contribution < -0.4 is 5.73 Å². The normalized spacial score (nSPS) is 15.2. The topological polar surface area (TPSA) is 161 Å². The van der Waals surface area contributed by atoms with Gasteiger partial charge in [0.05, 0.1) is 6.10 Å². The Labute approximate surface area is 73.9 Å². The van der Waals surface area contributed by atoms with Gasteiger partial charge in [-0.25, -0.2) is 4.57 Å². The lowest BCUT2D eigenvalue weighted by atomic mass is 10.2. The van der Waals surface area contributed by atoms with Gasteiger partial charge in [-0.3, -0.25) is 4.79 Å². The first kappa shape index (κ1) is 15.0. The molecular weight excluding hydrogens is 205 g/mol. The predicted octanol–water partition coefficient (Wildman–Crippen LogP) is -2.15. The van der Waals surface area contributed by atoms with Crippen LogP contribution in [0.25, 0.3) is 0 Å². The molecule has 0 aliphatic rings. The van der Waals surface area contributed by atoms with Gasteiger partial charge in [-0.15, -0.1) is 0 Å². The largest absolute Gasteiger partial charge is 0.480 e. The van der Waals surface area contributed by atoms with E-state index in [2.05, 4.69) is 0 Å². The van der Waals surface area contributed by atoms with Crippen molar-refractivity contribution in [2.24, 2.45) is 5.73 Å². The molecule has 0 aromatic carbocycles. The second-order valence-corrected chi connectivity index (χ2v) is 3.14. The van der Waals surface area contributed by atoms with Crippen LogP contribution in [0.5, 0.6) is 0 Å². The van der Waals surface area contributed by atoms with E-state index in [1.54, 1.807) is 0 Å². The lowest BCUT2D eigenvalue weighted by Crippen LogP contribution is -2.39. The van der Waals surface area contributed by atoms with Gasteiger partial charge in [0.25, 0.3) is 0 Å². The van der Waals surface area contributed by atoms with Crippen molar-refractivity contribution in [1.82, 2.24) is 0 Å². The van der Waals surface area contributed by atoms with Crippen LogP contribution in [-0.4, -0.2) is 43.0 Å². The molecule has 7 N–H and O–H groups in total. The van der Waals surface area contributed by atoms with Crippen LogP contribution in [0.1, 0.15) is 6.92 Å². The Morgan fingerprint density at radius 2 is 1.62 bits per heavy atom. The van der Waals surface area contributed by atoms with Crippen molar-refractivity contribution >= 4 is 13.8 Å². The first-order valence-corrected chi connectivity index (χ1v) is 4.57. The summed E-state index contributed by atoms with van der Waals surface area (Å²) in [6.07, 6.45) is -0.979. The smallest absolute Gasteiger partial charge is 0.466 e. The van der Waals surface area contributed by atoms with Crippen molar-refractivity contribution in [3.05, 3.63) is 0 Å². The average molecular weight is 217 g/mol. The number of rotatable bonds is 2. The Morgan fingerprint density at radius 1 is 1.38 bits per heavy atom. The fraction of sp³-hybridized carbons (Fsp3) is 0.750. The second kappa shape index (κ2) is 6.03. The highest BCUT2D eigenvalue weighted by Gasteiger charge is 2.16. The minimum absolute atomic E-state index is 0.979. The maximum absolute atomic E-state index is 9.86. The van der Waals surface area contributed by atoms with Crippen LogP contribution in [0.4, 0.5) is 0 Å². The number of carboxylic acids is 1. The third-order valence-corrected chi connectivity index (χ3v) is 0.805. The molecule has 0 aromatic heterocycles. The molecule has 9 heteroatoms. The highest BCUT2D eigenvalue weighted by atomic mass is 31.2.